The van der Waals surface area contributed by atoms with E-state index in [1.54, 1.807) is 48.5 Å². The Bertz CT molecular complexity index is 1230. The van der Waals surface area contributed by atoms with Crippen molar-refractivity contribution in [2.75, 3.05) is 42.7 Å². The van der Waals surface area contributed by atoms with Crippen LogP contribution in [0, 0.1) is 0 Å². The van der Waals surface area contributed by atoms with E-state index in [2.05, 4.69) is 5.32 Å². The predicted molar refractivity (Wildman–Crippen MR) is 143 cm³/mol. The second kappa shape index (κ2) is 12.0. The predicted octanol–water partition coefficient (Wildman–Crippen LogP) is 4.38. The minimum atomic E-state index is -4.04. The van der Waals surface area contributed by atoms with Gasteiger partial charge < -0.3 is 15.0 Å². The molecule has 0 aliphatic carbocycles. The molecule has 35 heavy (non-hydrogen) atoms. The van der Waals surface area contributed by atoms with Crippen molar-refractivity contribution in [3.8, 4) is 5.75 Å². The maximum absolute atomic E-state index is 13.7. The van der Waals surface area contributed by atoms with Crippen LogP contribution in [0.3, 0.4) is 0 Å². The molecule has 0 aromatic heterocycles. The van der Waals surface area contributed by atoms with Gasteiger partial charge in [0.15, 0.2) is 0 Å². The molecule has 7 nitrogen and oxygen atoms in total. The molecule has 3 rings (SSSR count). The second-order valence-corrected chi connectivity index (χ2v) is 10.7. The molecule has 0 heterocycles. The maximum atomic E-state index is 13.7. The van der Waals surface area contributed by atoms with Gasteiger partial charge in [0, 0.05) is 31.2 Å². The standard InChI is InChI=1S/C26H31N3O4S2/c1-5-33-25-9-7-6-8-24(25)29(35(31,32)23-16-14-22(34-4)15-17-23)19-26(30)27-18-20-10-12-21(13-11-20)28(2)3/h6-17H,5,18-19H2,1-4H3,(H,27,30). The number of nitrogens with one attached hydrogen (secondary N) is 1. The third-order valence-corrected chi connectivity index (χ3v) is 7.83. The zero-order chi connectivity index (χ0) is 25.4. The van der Waals surface area contributed by atoms with Crippen molar-refractivity contribution in [3.05, 3.63) is 78.4 Å². The zero-order valence-electron chi connectivity index (χ0n) is 20.4. The van der Waals surface area contributed by atoms with Crippen molar-refractivity contribution in [1.29, 1.82) is 0 Å². The molecule has 1 N–H and O–H groups in total. The highest BCUT2D eigenvalue weighted by Crippen LogP contribution is 2.33. The summed E-state index contributed by atoms with van der Waals surface area (Å²) in [4.78, 5) is 16.0. The Morgan fingerprint density at radius 2 is 1.63 bits per heavy atom. The Morgan fingerprint density at radius 3 is 2.23 bits per heavy atom. The highest BCUT2D eigenvalue weighted by molar-refractivity contribution is 7.98. The van der Waals surface area contributed by atoms with Crippen LogP contribution < -0.4 is 19.3 Å². The number of sulfonamides is 1. The first-order valence-corrected chi connectivity index (χ1v) is 13.8. The Morgan fingerprint density at radius 1 is 0.971 bits per heavy atom. The molecule has 0 bridgehead atoms. The number of hydrogen-bond acceptors (Lipinski definition) is 6. The molecular formula is C26H31N3O4S2. The van der Waals surface area contributed by atoms with Crippen molar-refractivity contribution >= 4 is 39.1 Å². The van der Waals surface area contributed by atoms with Crippen LogP contribution in [-0.2, 0) is 21.4 Å². The molecule has 0 saturated heterocycles. The molecule has 1 amide bonds. The molecule has 186 valence electrons. The van der Waals surface area contributed by atoms with Gasteiger partial charge in [-0.1, -0.05) is 24.3 Å². The number of nitrogens with zero attached hydrogens (tertiary/aromatic N) is 2. The normalized spacial score (nSPS) is 11.1. The number of benzene rings is 3. The van der Waals surface area contributed by atoms with Crippen molar-refractivity contribution in [1.82, 2.24) is 5.32 Å². The molecule has 0 saturated carbocycles. The molecule has 3 aromatic rings. The van der Waals surface area contributed by atoms with E-state index in [1.807, 2.05) is 56.4 Å². The Hall–Kier alpha value is -3.17. The van der Waals surface area contributed by atoms with Crippen LogP contribution in [0.15, 0.2) is 82.6 Å². The van der Waals surface area contributed by atoms with Crippen molar-refractivity contribution in [3.63, 3.8) is 0 Å². The fraction of sp³-hybridized carbons (Fsp3) is 0.269. The first-order valence-electron chi connectivity index (χ1n) is 11.2. The number of para-hydroxylation sites is 2. The number of rotatable bonds is 11. The third-order valence-electron chi connectivity index (χ3n) is 5.31. The van der Waals surface area contributed by atoms with E-state index in [0.717, 1.165) is 20.5 Å². The van der Waals surface area contributed by atoms with Crippen LogP contribution in [0.1, 0.15) is 12.5 Å². The van der Waals surface area contributed by atoms with Gasteiger partial charge in [0.2, 0.25) is 5.91 Å². The summed E-state index contributed by atoms with van der Waals surface area (Å²) in [6, 6.07) is 21.2. The lowest BCUT2D eigenvalue weighted by Crippen LogP contribution is -2.40. The Labute approximate surface area is 212 Å². The summed E-state index contributed by atoms with van der Waals surface area (Å²) in [7, 11) is -0.118. The van der Waals surface area contributed by atoms with Crippen molar-refractivity contribution in [2.24, 2.45) is 0 Å². The smallest absolute Gasteiger partial charge is 0.264 e. The Kier molecular flexibility index (Phi) is 9.06. The average Bonchev–Trinajstić information content (AvgIpc) is 2.87. The summed E-state index contributed by atoms with van der Waals surface area (Å²) in [5.41, 5.74) is 2.28. The maximum Gasteiger partial charge on any atom is 0.264 e. The highest BCUT2D eigenvalue weighted by Gasteiger charge is 2.29. The second-order valence-electron chi connectivity index (χ2n) is 7.93. The molecule has 0 radical (unpaired) electrons. The lowest BCUT2D eigenvalue weighted by molar-refractivity contribution is -0.119. The van der Waals surface area contributed by atoms with E-state index in [1.165, 1.54) is 11.8 Å². The van der Waals surface area contributed by atoms with Crippen LogP contribution in [0.25, 0.3) is 0 Å². The van der Waals surface area contributed by atoms with Crippen molar-refractivity contribution in [2.45, 2.75) is 23.3 Å². The molecule has 0 fully saturated rings. The van der Waals surface area contributed by atoms with Gasteiger partial charge in [-0.3, -0.25) is 9.10 Å². The largest absolute Gasteiger partial charge is 0.492 e. The van der Waals surface area contributed by atoms with E-state index >= 15 is 0 Å². The lowest BCUT2D eigenvalue weighted by Gasteiger charge is -2.26. The molecular weight excluding hydrogens is 482 g/mol. The molecule has 0 spiro atoms. The number of amides is 1. The van der Waals surface area contributed by atoms with Gasteiger partial charge in [-0.2, -0.15) is 0 Å². The molecule has 0 aliphatic heterocycles. The lowest BCUT2D eigenvalue weighted by atomic mass is 10.2. The summed E-state index contributed by atoms with van der Waals surface area (Å²) in [6.07, 6.45) is 1.92. The average molecular weight is 514 g/mol. The van der Waals surface area contributed by atoms with E-state index in [4.69, 9.17) is 4.74 Å². The van der Waals surface area contributed by atoms with Gasteiger partial charge in [0.05, 0.1) is 17.2 Å². The first-order chi connectivity index (χ1) is 16.8. The minimum absolute atomic E-state index is 0.105. The molecule has 0 unspecified atom stereocenters. The van der Waals surface area contributed by atoms with Gasteiger partial charge >= 0.3 is 0 Å². The van der Waals surface area contributed by atoms with Crippen LogP contribution in [0.2, 0.25) is 0 Å². The molecule has 3 aromatic carbocycles. The van der Waals surface area contributed by atoms with Gasteiger partial charge in [-0.15, -0.1) is 11.8 Å². The van der Waals surface area contributed by atoms with E-state index < -0.39 is 15.9 Å². The summed E-state index contributed by atoms with van der Waals surface area (Å²) in [6.45, 7) is 2.09. The van der Waals surface area contributed by atoms with Gasteiger partial charge in [0.1, 0.15) is 12.3 Å². The van der Waals surface area contributed by atoms with Crippen LogP contribution in [0.5, 0.6) is 5.75 Å². The van der Waals surface area contributed by atoms with Crippen LogP contribution in [-0.4, -0.2) is 47.8 Å². The van der Waals surface area contributed by atoms with Crippen molar-refractivity contribution < 1.29 is 17.9 Å². The number of carbonyl (C=O) groups is 1. The van der Waals surface area contributed by atoms with Gasteiger partial charge in [-0.05, 0) is 67.3 Å². The van der Waals surface area contributed by atoms with E-state index in [0.29, 0.717) is 18.0 Å². The fourth-order valence-corrected chi connectivity index (χ4v) is 5.25. The SMILES string of the molecule is CCOc1ccccc1N(CC(=O)NCc1ccc(N(C)C)cc1)S(=O)(=O)c1ccc(SC)cc1. The number of anilines is 2. The molecule has 0 aliphatic rings. The first kappa shape index (κ1) is 26.4. The summed E-state index contributed by atoms with van der Waals surface area (Å²) in [5, 5.41) is 2.84. The van der Waals surface area contributed by atoms with Crippen LogP contribution >= 0.6 is 11.8 Å². The summed E-state index contributed by atoms with van der Waals surface area (Å²) in [5.74, 6) is -0.0244. The quantitative estimate of drug-likeness (QED) is 0.383. The zero-order valence-corrected chi connectivity index (χ0v) is 22.0. The number of ether oxygens (including phenoxy) is 1. The van der Waals surface area contributed by atoms with Gasteiger partial charge in [-0.25, -0.2) is 8.42 Å². The molecule has 0 atom stereocenters. The monoisotopic (exact) mass is 513 g/mol. The number of hydrogen-bond donors (Lipinski definition) is 1. The summed E-state index contributed by atoms with van der Waals surface area (Å²) < 4.78 is 34.1. The van der Waals surface area contributed by atoms with Crippen LogP contribution in [0.4, 0.5) is 11.4 Å². The number of carbonyl (C=O) groups excluding carboxylic acids is 1. The summed E-state index contributed by atoms with van der Waals surface area (Å²) >= 11 is 1.52. The number of thioether (sulfide) groups is 1. The topological polar surface area (TPSA) is 79.0 Å². The fourth-order valence-electron chi connectivity index (χ4n) is 3.41. The Balaban J connectivity index is 1.87. The van der Waals surface area contributed by atoms with Gasteiger partial charge in [0.25, 0.3) is 10.0 Å². The highest BCUT2D eigenvalue weighted by atomic mass is 32.2. The van der Waals surface area contributed by atoms with E-state index in [-0.39, 0.29) is 18.0 Å². The minimum Gasteiger partial charge on any atom is -0.492 e. The molecule has 9 heteroatoms. The third kappa shape index (κ3) is 6.70. The van der Waals surface area contributed by atoms with E-state index in [9.17, 15) is 13.2 Å².